The summed E-state index contributed by atoms with van der Waals surface area (Å²) in [6.07, 6.45) is 15.4. The first kappa shape index (κ1) is 9.68. The third-order valence-corrected chi connectivity index (χ3v) is 5.48. The van der Waals surface area contributed by atoms with Gasteiger partial charge in [-0.15, -0.1) is 0 Å². The van der Waals surface area contributed by atoms with Gasteiger partial charge >= 0.3 is 0 Å². The molecule has 1 nitrogen and oxygen atoms in total. The molecule has 0 aliphatic heterocycles. The topological polar surface area (TPSA) is 9.23 Å². The SMILES string of the molecule is CCO[SiH](C1=CC=CC1)C1=CC=CC1. The van der Waals surface area contributed by atoms with Gasteiger partial charge in [0.15, 0.2) is 0 Å². The van der Waals surface area contributed by atoms with Crippen LogP contribution >= 0.6 is 0 Å². The number of allylic oxidation sites excluding steroid dienone is 8. The van der Waals surface area contributed by atoms with Crippen molar-refractivity contribution in [3.8, 4) is 0 Å². The van der Waals surface area contributed by atoms with Gasteiger partial charge in [0.25, 0.3) is 0 Å². The molecular formula is C12H16OSi. The predicted molar refractivity (Wildman–Crippen MR) is 62.5 cm³/mol. The minimum Gasteiger partial charge on any atom is -0.412 e. The normalized spacial score (nSPS) is 19.3. The molecule has 2 aliphatic rings. The Kier molecular flexibility index (Phi) is 3.17. The molecule has 0 saturated carbocycles. The molecule has 0 unspecified atom stereocenters. The molecule has 0 aromatic heterocycles. The van der Waals surface area contributed by atoms with Crippen LogP contribution in [0, 0.1) is 0 Å². The Bertz CT molecular complexity index is 293. The number of hydrogen-bond donors (Lipinski definition) is 0. The van der Waals surface area contributed by atoms with E-state index in [2.05, 4.69) is 43.4 Å². The van der Waals surface area contributed by atoms with Crippen molar-refractivity contribution in [1.29, 1.82) is 0 Å². The summed E-state index contributed by atoms with van der Waals surface area (Å²) in [5.74, 6) is 0. The highest BCUT2D eigenvalue weighted by Gasteiger charge is 2.22. The van der Waals surface area contributed by atoms with Crippen molar-refractivity contribution >= 4 is 9.04 Å². The standard InChI is InChI=1S/C12H16OSi/c1-2-13-14(11-7-3-4-8-11)12-9-5-6-10-12/h3-7,9,14H,2,8,10H2,1H3. The fourth-order valence-corrected chi connectivity index (χ4v) is 4.45. The van der Waals surface area contributed by atoms with Crippen LogP contribution in [0.1, 0.15) is 19.8 Å². The zero-order chi connectivity index (χ0) is 9.80. The molecule has 0 bridgehead atoms. The molecule has 14 heavy (non-hydrogen) atoms. The van der Waals surface area contributed by atoms with Crippen molar-refractivity contribution < 1.29 is 4.43 Å². The molecule has 0 atom stereocenters. The van der Waals surface area contributed by atoms with Crippen LogP contribution in [0.2, 0.25) is 0 Å². The second-order valence-electron chi connectivity index (χ2n) is 3.58. The molecule has 2 aliphatic carbocycles. The molecular weight excluding hydrogens is 188 g/mol. The maximum absolute atomic E-state index is 5.93. The van der Waals surface area contributed by atoms with E-state index in [0.29, 0.717) is 0 Å². The van der Waals surface area contributed by atoms with Gasteiger partial charge in [-0.2, -0.15) is 0 Å². The third kappa shape index (κ3) is 1.96. The van der Waals surface area contributed by atoms with Crippen LogP contribution in [0.3, 0.4) is 0 Å². The lowest BCUT2D eigenvalue weighted by Crippen LogP contribution is -2.23. The first-order valence-corrected chi connectivity index (χ1v) is 6.87. The average molecular weight is 204 g/mol. The maximum Gasteiger partial charge on any atom is 0.232 e. The Labute approximate surface area is 87.2 Å². The highest BCUT2D eigenvalue weighted by molar-refractivity contribution is 6.68. The fraction of sp³-hybridized carbons (Fsp3) is 0.333. The van der Waals surface area contributed by atoms with Gasteiger partial charge in [-0.3, -0.25) is 0 Å². The number of rotatable bonds is 4. The molecule has 2 heteroatoms. The molecule has 0 heterocycles. The van der Waals surface area contributed by atoms with E-state index in [9.17, 15) is 0 Å². The lowest BCUT2D eigenvalue weighted by molar-refractivity contribution is 0.351. The summed E-state index contributed by atoms with van der Waals surface area (Å²) in [5, 5.41) is 3.06. The quantitative estimate of drug-likeness (QED) is 0.640. The Balaban J connectivity index is 2.07. The zero-order valence-corrected chi connectivity index (χ0v) is 9.73. The summed E-state index contributed by atoms with van der Waals surface area (Å²) in [6, 6.07) is 0. The molecule has 0 N–H and O–H groups in total. The van der Waals surface area contributed by atoms with Gasteiger partial charge in [0.2, 0.25) is 9.04 Å². The Morgan fingerprint density at radius 3 is 2.07 bits per heavy atom. The highest BCUT2D eigenvalue weighted by atomic mass is 28.3. The first-order chi connectivity index (χ1) is 6.92. The monoisotopic (exact) mass is 204 g/mol. The lowest BCUT2D eigenvalue weighted by Gasteiger charge is -2.17. The number of hydrogen-bond acceptors (Lipinski definition) is 1. The summed E-state index contributed by atoms with van der Waals surface area (Å²) in [4.78, 5) is 0. The van der Waals surface area contributed by atoms with Gasteiger partial charge in [-0.1, -0.05) is 36.5 Å². The second kappa shape index (κ2) is 4.58. The van der Waals surface area contributed by atoms with E-state index in [1.807, 2.05) is 0 Å². The van der Waals surface area contributed by atoms with Crippen molar-refractivity contribution in [3.05, 3.63) is 46.8 Å². The average Bonchev–Trinajstić information content (AvgIpc) is 2.87. The van der Waals surface area contributed by atoms with Crippen LogP contribution in [0.15, 0.2) is 46.8 Å². The van der Waals surface area contributed by atoms with Crippen molar-refractivity contribution in [2.75, 3.05) is 6.61 Å². The molecule has 74 valence electrons. The van der Waals surface area contributed by atoms with Gasteiger partial charge < -0.3 is 4.43 Å². The van der Waals surface area contributed by atoms with E-state index in [0.717, 1.165) is 19.4 Å². The van der Waals surface area contributed by atoms with Crippen molar-refractivity contribution in [3.63, 3.8) is 0 Å². The molecule has 0 spiro atoms. The van der Waals surface area contributed by atoms with E-state index in [4.69, 9.17) is 4.43 Å². The maximum atomic E-state index is 5.93. The second-order valence-corrected chi connectivity index (χ2v) is 6.16. The summed E-state index contributed by atoms with van der Waals surface area (Å²) in [5.41, 5.74) is 0. The van der Waals surface area contributed by atoms with Gasteiger partial charge in [0.1, 0.15) is 0 Å². The summed E-state index contributed by atoms with van der Waals surface area (Å²) < 4.78 is 5.93. The van der Waals surface area contributed by atoms with E-state index in [1.165, 1.54) is 10.4 Å². The van der Waals surface area contributed by atoms with E-state index >= 15 is 0 Å². The Hall–Kier alpha value is -0.863. The molecule has 0 aromatic carbocycles. The van der Waals surface area contributed by atoms with Gasteiger partial charge in [-0.25, -0.2) is 0 Å². The largest absolute Gasteiger partial charge is 0.412 e. The molecule has 2 rings (SSSR count). The van der Waals surface area contributed by atoms with Gasteiger partial charge in [-0.05, 0) is 30.2 Å². The van der Waals surface area contributed by atoms with Crippen molar-refractivity contribution in [1.82, 2.24) is 0 Å². The van der Waals surface area contributed by atoms with Crippen LogP contribution in [-0.2, 0) is 4.43 Å². The fourth-order valence-electron chi connectivity index (χ4n) is 1.94. The summed E-state index contributed by atoms with van der Waals surface area (Å²) in [7, 11) is -1.24. The van der Waals surface area contributed by atoms with Crippen LogP contribution in [-0.4, -0.2) is 15.6 Å². The first-order valence-electron chi connectivity index (χ1n) is 5.24. The van der Waals surface area contributed by atoms with Crippen LogP contribution in [0.5, 0.6) is 0 Å². The molecule has 0 saturated heterocycles. The smallest absolute Gasteiger partial charge is 0.232 e. The Morgan fingerprint density at radius 2 is 1.71 bits per heavy atom. The zero-order valence-electron chi connectivity index (χ0n) is 8.57. The van der Waals surface area contributed by atoms with Crippen LogP contribution in [0.4, 0.5) is 0 Å². The molecule has 0 radical (unpaired) electrons. The minimum atomic E-state index is -1.24. The summed E-state index contributed by atoms with van der Waals surface area (Å²) >= 11 is 0. The van der Waals surface area contributed by atoms with E-state index in [-0.39, 0.29) is 0 Å². The van der Waals surface area contributed by atoms with E-state index in [1.54, 1.807) is 0 Å². The lowest BCUT2D eigenvalue weighted by atomic mass is 10.5. The van der Waals surface area contributed by atoms with Crippen molar-refractivity contribution in [2.45, 2.75) is 19.8 Å². The highest BCUT2D eigenvalue weighted by Crippen LogP contribution is 2.24. The molecule has 0 fully saturated rings. The van der Waals surface area contributed by atoms with Gasteiger partial charge in [0.05, 0.1) is 0 Å². The van der Waals surface area contributed by atoms with Crippen LogP contribution < -0.4 is 0 Å². The van der Waals surface area contributed by atoms with Crippen molar-refractivity contribution in [2.24, 2.45) is 0 Å². The van der Waals surface area contributed by atoms with Crippen LogP contribution in [0.25, 0.3) is 0 Å². The summed E-state index contributed by atoms with van der Waals surface area (Å²) in [6.45, 7) is 2.93. The van der Waals surface area contributed by atoms with E-state index < -0.39 is 9.04 Å². The molecule has 0 amide bonds. The Morgan fingerprint density at radius 1 is 1.14 bits per heavy atom. The third-order valence-electron chi connectivity index (χ3n) is 2.61. The minimum absolute atomic E-state index is 0.839. The van der Waals surface area contributed by atoms with Gasteiger partial charge in [0, 0.05) is 6.61 Å². The predicted octanol–water partition coefficient (Wildman–Crippen LogP) is 2.60. The molecule has 0 aromatic rings.